The molecule has 1 N–H and O–H groups in total. The average molecular weight is 250 g/mol. The molecule has 1 unspecified atom stereocenters. The van der Waals surface area contributed by atoms with Crippen LogP contribution in [0.25, 0.3) is 0 Å². The maximum absolute atomic E-state index is 3.82. The molecule has 1 atom stereocenters. The molecule has 1 heterocycles. The van der Waals surface area contributed by atoms with Crippen LogP contribution in [-0.2, 0) is 0 Å². The molecule has 0 radical (unpaired) electrons. The van der Waals surface area contributed by atoms with E-state index < -0.39 is 0 Å². The highest BCUT2D eigenvalue weighted by atomic mass is 15.3. The van der Waals surface area contributed by atoms with Crippen molar-refractivity contribution in [1.29, 1.82) is 0 Å². The van der Waals surface area contributed by atoms with Gasteiger partial charge in [0.15, 0.2) is 0 Å². The van der Waals surface area contributed by atoms with Crippen LogP contribution in [0.2, 0.25) is 0 Å². The highest BCUT2D eigenvalue weighted by molar-refractivity contribution is 5.07. The zero-order chi connectivity index (χ0) is 12.8. The zero-order valence-electron chi connectivity index (χ0n) is 12.5. The molecule has 0 aromatic heterocycles. The molecular formula is C16H30N2. The molecule has 3 fully saturated rings. The largest absolute Gasteiger partial charge is 0.308 e. The van der Waals surface area contributed by atoms with E-state index in [0.717, 1.165) is 17.4 Å². The van der Waals surface area contributed by atoms with Crippen LogP contribution in [0.4, 0.5) is 0 Å². The summed E-state index contributed by atoms with van der Waals surface area (Å²) in [6.45, 7) is 10.9. The quantitative estimate of drug-likeness (QED) is 0.807. The van der Waals surface area contributed by atoms with E-state index in [2.05, 4.69) is 31.0 Å². The van der Waals surface area contributed by atoms with Crippen molar-refractivity contribution >= 4 is 0 Å². The van der Waals surface area contributed by atoms with Gasteiger partial charge >= 0.3 is 0 Å². The Bertz CT molecular complexity index is 298. The third-order valence-electron chi connectivity index (χ3n) is 6.11. The summed E-state index contributed by atoms with van der Waals surface area (Å²) < 4.78 is 0. The molecule has 2 nitrogen and oxygen atoms in total. The van der Waals surface area contributed by atoms with Gasteiger partial charge in [0.2, 0.25) is 0 Å². The molecule has 0 aromatic carbocycles. The second-order valence-corrected chi connectivity index (χ2v) is 7.26. The molecule has 1 aliphatic heterocycles. The van der Waals surface area contributed by atoms with Crippen LogP contribution in [0, 0.1) is 11.3 Å². The van der Waals surface area contributed by atoms with Gasteiger partial charge < -0.3 is 5.32 Å². The van der Waals surface area contributed by atoms with Gasteiger partial charge in [-0.2, -0.15) is 0 Å². The van der Waals surface area contributed by atoms with Crippen molar-refractivity contribution < 1.29 is 0 Å². The normalized spacial score (nSPS) is 34.5. The standard InChI is InChI=1S/C16H30N2/c1-4-16(5-2)12-18(13(3)10-17-16)11-15(8-9-15)14-6-7-14/h13-14,17H,4-12H2,1-3H3. The first-order valence-corrected chi connectivity index (χ1v) is 8.12. The zero-order valence-corrected chi connectivity index (χ0v) is 12.5. The third-order valence-corrected chi connectivity index (χ3v) is 6.11. The fourth-order valence-corrected chi connectivity index (χ4v) is 3.99. The summed E-state index contributed by atoms with van der Waals surface area (Å²) in [7, 11) is 0. The minimum atomic E-state index is 0.395. The third kappa shape index (κ3) is 2.22. The number of hydrogen-bond acceptors (Lipinski definition) is 2. The maximum atomic E-state index is 3.82. The Kier molecular flexibility index (Phi) is 3.22. The molecule has 1 saturated heterocycles. The first-order chi connectivity index (χ1) is 8.63. The second-order valence-electron chi connectivity index (χ2n) is 7.26. The van der Waals surface area contributed by atoms with Gasteiger partial charge in [-0.3, -0.25) is 4.90 Å². The van der Waals surface area contributed by atoms with Crippen LogP contribution in [0.5, 0.6) is 0 Å². The number of hydrogen-bond donors (Lipinski definition) is 1. The Balaban J connectivity index is 1.66. The summed E-state index contributed by atoms with van der Waals surface area (Å²) in [6.07, 6.45) is 8.60. The van der Waals surface area contributed by atoms with E-state index in [0.29, 0.717) is 5.54 Å². The first kappa shape index (κ1) is 12.9. The molecule has 18 heavy (non-hydrogen) atoms. The van der Waals surface area contributed by atoms with Gasteiger partial charge in [-0.15, -0.1) is 0 Å². The van der Waals surface area contributed by atoms with Crippen molar-refractivity contribution in [3.8, 4) is 0 Å². The summed E-state index contributed by atoms with van der Waals surface area (Å²) in [4.78, 5) is 2.81. The number of nitrogens with zero attached hydrogens (tertiary/aromatic N) is 1. The molecule has 104 valence electrons. The van der Waals surface area contributed by atoms with E-state index in [1.54, 1.807) is 0 Å². The molecule has 2 saturated carbocycles. The summed E-state index contributed by atoms with van der Waals surface area (Å²) >= 11 is 0. The molecule has 2 heteroatoms. The van der Waals surface area contributed by atoms with Crippen molar-refractivity contribution in [2.45, 2.75) is 70.9 Å². The van der Waals surface area contributed by atoms with E-state index in [1.165, 1.54) is 58.2 Å². The van der Waals surface area contributed by atoms with Gasteiger partial charge in [0, 0.05) is 31.2 Å². The molecule has 2 aliphatic carbocycles. The van der Waals surface area contributed by atoms with Crippen LogP contribution in [0.15, 0.2) is 0 Å². The topological polar surface area (TPSA) is 15.3 Å². The number of nitrogens with one attached hydrogen (secondary N) is 1. The fourth-order valence-electron chi connectivity index (χ4n) is 3.99. The second kappa shape index (κ2) is 4.49. The van der Waals surface area contributed by atoms with E-state index in [4.69, 9.17) is 0 Å². The Morgan fingerprint density at radius 3 is 2.33 bits per heavy atom. The van der Waals surface area contributed by atoms with E-state index in [-0.39, 0.29) is 0 Å². The first-order valence-electron chi connectivity index (χ1n) is 8.12. The summed E-state index contributed by atoms with van der Waals surface area (Å²) in [5.41, 5.74) is 1.16. The Hall–Kier alpha value is -0.0800. The van der Waals surface area contributed by atoms with Crippen molar-refractivity contribution in [2.75, 3.05) is 19.6 Å². The van der Waals surface area contributed by atoms with Gasteiger partial charge in [-0.05, 0) is 56.8 Å². The molecule has 0 spiro atoms. The van der Waals surface area contributed by atoms with Crippen LogP contribution in [0.1, 0.15) is 59.3 Å². The molecule has 3 rings (SSSR count). The van der Waals surface area contributed by atoms with Crippen LogP contribution >= 0.6 is 0 Å². The average Bonchev–Trinajstić information content (AvgIpc) is 3.25. The summed E-state index contributed by atoms with van der Waals surface area (Å²) in [6, 6.07) is 0.729. The SMILES string of the molecule is CCC1(CC)CN(CC2(C3CC3)CC2)C(C)CN1. The lowest BCUT2D eigenvalue weighted by Crippen LogP contribution is -2.63. The molecular weight excluding hydrogens is 220 g/mol. The molecule has 0 bridgehead atoms. The minimum absolute atomic E-state index is 0.395. The lowest BCUT2D eigenvalue weighted by Gasteiger charge is -2.47. The number of rotatable bonds is 5. The summed E-state index contributed by atoms with van der Waals surface area (Å²) in [5, 5.41) is 3.82. The van der Waals surface area contributed by atoms with Gasteiger partial charge in [0.25, 0.3) is 0 Å². The van der Waals surface area contributed by atoms with Crippen molar-refractivity contribution in [3.05, 3.63) is 0 Å². The predicted octanol–water partition coefficient (Wildman–Crippen LogP) is 3.03. The van der Waals surface area contributed by atoms with Gasteiger partial charge in [0.05, 0.1) is 0 Å². The van der Waals surface area contributed by atoms with Crippen molar-refractivity contribution in [1.82, 2.24) is 10.2 Å². The Morgan fingerprint density at radius 1 is 1.17 bits per heavy atom. The number of piperazine rings is 1. The fraction of sp³-hybridized carbons (Fsp3) is 1.00. The molecule has 0 amide bonds. The van der Waals surface area contributed by atoms with Gasteiger partial charge in [-0.25, -0.2) is 0 Å². The highest BCUT2D eigenvalue weighted by Gasteiger charge is 2.55. The monoisotopic (exact) mass is 250 g/mol. The van der Waals surface area contributed by atoms with Gasteiger partial charge in [0.1, 0.15) is 0 Å². The lowest BCUT2D eigenvalue weighted by molar-refractivity contribution is 0.0588. The van der Waals surface area contributed by atoms with E-state index >= 15 is 0 Å². The van der Waals surface area contributed by atoms with Crippen molar-refractivity contribution in [2.24, 2.45) is 11.3 Å². The molecule has 0 aromatic rings. The Labute approximate surface area is 113 Å². The van der Waals surface area contributed by atoms with Crippen molar-refractivity contribution in [3.63, 3.8) is 0 Å². The van der Waals surface area contributed by atoms with E-state index in [9.17, 15) is 0 Å². The highest BCUT2D eigenvalue weighted by Crippen LogP contribution is 2.61. The van der Waals surface area contributed by atoms with Crippen LogP contribution in [-0.4, -0.2) is 36.1 Å². The lowest BCUT2D eigenvalue weighted by atomic mass is 9.87. The van der Waals surface area contributed by atoms with E-state index in [1.807, 2.05) is 0 Å². The smallest absolute Gasteiger partial charge is 0.0304 e. The predicted molar refractivity (Wildman–Crippen MR) is 76.7 cm³/mol. The van der Waals surface area contributed by atoms with Gasteiger partial charge in [-0.1, -0.05) is 13.8 Å². The molecule has 3 aliphatic rings. The van der Waals surface area contributed by atoms with Crippen LogP contribution < -0.4 is 5.32 Å². The maximum Gasteiger partial charge on any atom is 0.0304 e. The minimum Gasteiger partial charge on any atom is -0.308 e. The van der Waals surface area contributed by atoms with Crippen LogP contribution in [0.3, 0.4) is 0 Å². The summed E-state index contributed by atoms with van der Waals surface area (Å²) in [5.74, 6) is 1.09. The Morgan fingerprint density at radius 2 is 1.83 bits per heavy atom.